The first-order valence-electron chi connectivity index (χ1n) is 3.53. The Labute approximate surface area is 62.5 Å². The largest absolute Gasteiger partial charge is 0.393 e. The van der Waals surface area contributed by atoms with Crippen LogP contribution in [-0.2, 0) is 0 Å². The molecule has 0 aromatic heterocycles. The molecule has 0 aromatic rings. The number of nitriles is 1. The van der Waals surface area contributed by atoms with Crippen molar-refractivity contribution in [2.75, 3.05) is 0 Å². The third kappa shape index (κ3) is 3.47. The van der Waals surface area contributed by atoms with Gasteiger partial charge in [-0.15, -0.1) is 0 Å². The van der Waals surface area contributed by atoms with E-state index in [9.17, 15) is 5.11 Å². The molecule has 0 aliphatic carbocycles. The summed E-state index contributed by atoms with van der Waals surface area (Å²) in [6.45, 7) is 5.90. The topological polar surface area (TPSA) is 44.0 Å². The standard InChI is InChI=1S/C8H15NO/c1-8(2,3)7(10)5-4-6-9/h7,10H,4-5H2,1-3H3. The normalized spacial score (nSPS) is 14.3. The van der Waals surface area contributed by atoms with Gasteiger partial charge < -0.3 is 5.11 Å². The second kappa shape index (κ2) is 3.58. The van der Waals surface area contributed by atoms with Crippen molar-refractivity contribution in [2.45, 2.75) is 39.7 Å². The van der Waals surface area contributed by atoms with Crippen LogP contribution in [0.15, 0.2) is 0 Å². The van der Waals surface area contributed by atoms with Gasteiger partial charge in [-0.3, -0.25) is 0 Å². The van der Waals surface area contributed by atoms with Crippen LogP contribution in [0.3, 0.4) is 0 Å². The summed E-state index contributed by atoms with van der Waals surface area (Å²) in [7, 11) is 0. The SMILES string of the molecule is CC(C)(C)C(O)CCC#N. The zero-order valence-corrected chi connectivity index (χ0v) is 6.89. The second-order valence-electron chi connectivity index (χ2n) is 3.58. The minimum absolute atomic E-state index is 0.0865. The van der Waals surface area contributed by atoms with Crippen LogP contribution in [0, 0.1) is 16.7 Å². The zero-order chi connectivity index (χ0) is 8.20. The van der Waals surface area contributed by atoms with Gasteiger partial charge in [0.2, 0.25) is 0 Å². The Balaban J connectivity index is 3.65. The summed E-state index contributed by atoms with van der Waals surface area (Å²) in [5, 5.41) is 17.6. The first kappa shape index (κ1) is 9.45. The summed E-state index contributed by atoms with van der Waals surface area (Å²) in [4.78, 5) is 0. The second-order valence-corrected chi connectivity index (χ2v) is 3.58. The van der Waals surface area contributed by atoms with Crippen molar-refractivity contribution in [3.63, 3.8) is 0 Å². The molecule has 0 aliphatic rings. The van der Waals surface area contributed by atoms with Crippen LogP contribution in [0.4, 0.5) is 0 Å². The molecule has 1 N–H and O–H groups in total. The fraction of sp³-hybridized carbons (Fsp3) is 0.875. The van der Waals surface area contributed by atoms with E-state index in [1.54, 1.807) is 0 Å². The Bertz CT molecular complexity index is 129. The summed E-state index contributed by atoms with van der Waals surface area (Å²) in [6, 6.07) is 2.01. The molecule has 0 aromatic carbocycles. The molecular weight excluding hydrogens is 126 g/mol. The highest BCUT2D eigenvalue weighted by Gasteiger charge is 2.20. The maximum atomic E-state index is 9.37. The Kier molecular flexibility index (Phi) is 3.38. The smallest absolute Gasteiger partial charge is 0.0622 e. The predicted molar refractivity (Wildman–Crippen MR) is 40.3 cm³/mol. The average molecular weight is 141 g/mol. The van der Waals surface area contributed by atoms with Gasteiger partial charge in [-0.25, -0.2) is 0 Å². The van der Waals surface area contributed by atoms with Crippen molar-refractivity contribution in [3.05, 3.63) is 0 Å². The molecule has 2 nitrogen and oxygen atoms in total. The molecule has 0 bridgehead atoms. The highest BCUT2D eigenvalue weighted by Crippen LogP contribution is 2.21. The van der Waals surface area contributed by atoms with Gasteiger partial charge in [0, 0.05) is 6.42 Å². The van der Waals surface area contributed by atoms with E-state index in [1.807, 2.05) is 26.8 Å². The number of rotatable bonds is 2. The molecule has 0 saturated carbocycles. The van der Waals surface area contributed by atoms with E-state index in [1.165, 1.54) is 0 Å². The average Bonchev–Trinajstić information content (AvgIpc) is 1.80. The lowest BCUT2D eigenvalue weighted by Gasteiger charge is -2.24. The predicted octanol–water partition coefficient (Wildman–Crippen LogP) is 1.70. The van der Waals surface area contributed by atoms with Crippen molar-refractivity contribution >= 4 is 0 Å². The molecule has 0 rings (SSSR count). The van der Waals surface area contributed by atoms with Gasteiger partial charge in [0.1, 0.15) is 0 Å². The van der Waals surface area contributed by atoms with Crippen LogP contribution in [0.2, 0.25) is 0 Å². The molecule has 2 heteroatoms. The van der Waals surface area contributed by atoms with Gasteiger partial charge in [-0.05, 0) is 11.8 Å². The third-order valence-corrected chi connectivity index (χ3v) is 1.53. The lowest BCUT2D eigenvalue weighted by atomic mass is 9.87. The van der Waals surface area contributed by atoms with Crippen molar-refractivity contribution in [1.82, 2.24) is 0 Å². The van der Waals surface area contributed by atoms with E-state index in [2.05, 4.69) is 0 Å². The molecule has 0 fully saturated rings. The fourth-order valence-electron chi connectivity index (χ4n) is 0.634. The molecule has 58 valence electrons. The van der Waals surface area contributed by atoms with Gasteiger partial charge in [0.05, 0.1) is 12.2 Å². The van der Waals surface area contributed by atoms with Crippen molar-refractivity contribution in [1.29, 1.82) is 5.26 Å². The Hall–Kier alpha value is -0.550. The fourth-order valence-corrected chi connectivity index (χ4v) is 0.634. The molecule has 0 heterocycles. The quantitative estimate of drug-likeness (QED) is 0.636. The first-order valence-corrected chi connectivity index (χ1v) is 3.53. The first-order chi connectivity index (χ1) is 4.48. The summed E-state index contributed by atoms with van der Waals surface area (Å²) in [5.41, 5.74) is -0.0865. The molecule has 1 unspecified atom stereocenters. The number of aliphatic hydroxyl groups excluding tert-OH is 1. The Morgan fingerprint density at radius 1 is 1.50 bits per heavy atom. The summed E-state index contributed by atoms with van der Waals surface area (Å²) in [6.07, 6.45) is 0.672. The maximum Gasteiger partial charge on any atom is 0.0622 e. The minimum Gasteiger partial charge on any atom is -0.393 e. The number of hydrogen-bond acceptors (Lipinski definition) is 2. The van der Waals surface area contributed by atoms with Crippen LogP contribution in [0.1, 0.15) is 33.6 Å². The van der Waals surface area contributed by atoms with Gasteiger partial charge >= 0.3 is 0 Å². The number of nitrogens with zero attached hydrogens (tertiary/aromatic N) is 1. The van der Waals surface area contributed by atoms with E-state index in [4.69, 9.17) is 5.26 Å². The van der Waals surface area contributed by atoms with E-state index in [0.717, 1.165) is 0 Å². The molecule has 0 amide bonds. The van der Waals surface area contributed by atoms with Gasteiger partial charge in [-0.1, -0.05) is 20.8 Å². The third-order valence-electron chi connectivity index (χ3n) is 1.53. The van der Waals surface area contributed by atoms with E-state index < -0.39 is 0 Å². The van der Waals surface area contributed by atoms with Crippen molar-refractivity contribution < 1.29 is 5.11 Å². The molecule has 0 saturated heterocycles. The van der Waals surface area contributed by atoms with Crippen molar-refractivity contribution in [2.24, 2.45) is 5.41 Å². The van der Waals surface area contributed by atoms with E-state index in [-0.39, 0.29) is 11.5 Å². The molecule has 0 radical (unpaired) electrons. The van der Waals surface area contributed by atoms with Crippen LogP contribution in [0.5, 0.6) is 0 Å². The highest BCUT2D eigenvalue weighted by atomic mass is 16.3. The van der Waals surface area contributed by atoms with Crippen LogP contribution < -0.4 is 0 Å². The van der Waals surface area contributed by atoms with Crippen LogP contribution >= 0.6 is 0 Å². The number of hydrogen-bond donors (Lipinski definition) is 1. The summed E-state index contributed by atoms with van der Waals surface area (Å²) >= 11 is 0. The van der Waals surface area contributed by atoms with Gasteiger partial charge in [-0.2, -0.15) is 5.26 Å². The zero-order valence-electron chi connectivity index (χ0n) is 6.89. The highest BCUT2D eigenvalue weighted by molar-refractivity contribution is 4.78. The maximum absolute atomic E-state index is 9.37. The molecule has 10 heavy (non-hydrogen) atoms. The molecule has 1 atom stereocenters. The van der Waals surface area contributed by atoms with E-state index in [0.29, 0.717) is 12.8 Å². The molecule has 0 spiro atoms. The van der Waals surface area contributed by atoms with E-state index >= 15 is 0 Å². The summed E-state index contributed by atoms with van der Waals surface area (Å²) < 4.78 is 0. The minimum atomic E-state index is -0.354. The van der Waals surface area contributed by atoms with Gasteiger partial charge in [0.25, 0.3) is 0 Å². The summed E-state index contributed by atoms with van der Waals surface area (Å²) in [5.74, 6) is 0. The van der Waals surface area contributed by atoms with Crippen LogP contribution in [-0.4, -0.2) is 11.2 Å². The van der Waals surface area contributed by atoms with Gasteiger partial charge in [0.15, 0.2) is 0 Å². The Morgan fingerprint density at radius 3 is 2.30 bits per heavy atom. The van der Waals surface area contributed by atoms with Crippen molar-refractivity contribution in [3.8, 4) is 6.07 Å². The van der Waals surface area contributed by atoms with Crippen LogP contribution in [0.25, 0.3) is 0 Å². The molecular formula is C8H15NO. The number of aliphatic hydroxyl groups is 1. The Morgan fingerprint density at radius 2 is 2.00 bits per heavy atom. The monoisotopic (exact) mass is 141 g/mol. The lowest BCUT2D eigenvalue weighted by Crippen LogP contribution is -2.25. The molecule has 0 aliphatic heterocycles. The lowest BCUT2D eigenvalue weighted by molar-refractivity contribution is 0.0569.